The maximum absolute atomic E-state index is 5.15. The van der Waals surface area contributed by atoms with Gasteiger partial charge in [0.15, 0.2) is 0 Å². The van der Waals surface area contributed by atoms with Gasteiger partial charge < -0.3 is 11.5 Å². The maximum Gasteiger partial charge on any atom is 0.0649 e. The SMILES string of the molecule is CC=C(N)[CH]N. The fourth-order valence-electron chi connectivity index (χ4n) is 0.0962. The fourth-order valence-corrected chi connectivity index (χ4v) is 0.0962. The van der Waals surface area contributed by atoms with Gasteiger partial charge in [-0.3, -0.25) is 0 Å². The Bertz CT molecular complexity index is 56.6. The third kappa shape index (κ3) is 1.79. The van der Waals surface area contributed by atoms with E-state index in [1.165, 1.54) is 6.54 Å². The lowest BCUT2D eigenvalue weighted by atomic mass is 10.4. The van der Waals surface area contributed by atoms with Crippen LogP contribution in [-0.4, -0.2) is 0 Å². The molecule has 2 nitrogen and oxygen atoms in total. The highest BCUT2D eigenvalue weighted by molar-refractivity contribution is 5.03. The molecule has 0 saturated carbocycles. The minimum atomic E-state index is 0.620. The van der Waals surface area contributed by atoms with Crippen LogP contribution in [0.1, 0.15) is 6.92 Å². The zero-order valence-corrected chi connectivity index (χ0v) is 3.81. The molecule has 0 fully saturated rings. The summed E-state index contributed by atoms with van der Waals surface area (Å²) in [7, 11) is 0. The summed E-state index contributed by atoms with van der Waals surface area (Å²) in [5, 5.41) is 0. The summed E-state index contributed by atoms with van der Waals surface area (Å²) in [6.07, 6.45) is 1.74. The molecule has 0 spiro atoms. The molecule has 0 aliphatic rings. The van der Waals surface area contributed by atoms with Crippen LogP contribution in [0.2, 0.25) is 0 Å². The molecule has 0 atom stereocenters. The van der Waals surface area contributed by atoms with Crippen LogP contribution >= 0.6 is 0 Å². The van der Waals surface area contributed by atoms with E-state index in [0.717, 1.165) is 0 Å². The molecule has 4 N–H and O–H groups in total. The summed E-state index contributed by atoms with van der Waals surface area (Å²) in [5.74, 6) is 0. The zero-order valence-electron chi connectivity index (χ0n) is 3.81. The Balaban J connectivity index is 3.22. The van der Waals surface area contributed by atoms with Gasteiger partial charge in [0.25, 0.3) is 0 Å². The Kier molecular flexibility index (Phi) is 2.50. The number of hydrogen-bond acceptors (Lipinski definition) is 2. The van der Waals surface area contributed by atoms with Crippen molar-refractivity contribution in [2.24, 2.45) is 11.5 Å². The van der Waals surface area contributed by atoms with Crippen LogP contribution in [-0.2, 0) is 0 Å². The average molecular weight is 85.1 g/mol. The highest BCUT2D eigenvalue weighted by Crippen LogP contribution is 1.77. The van der Waals surface area contributed by atoms with Crippen LogP contribution in [0.15, 0.2) is 11.8 Å². The van der Waals surface area contributed by atoms with Crippen molar-refractivity contribution in [2.75, 3.05) is 0 Å². The molecule has 0 aromatic heterocycles. The smallest absolute Gasteiger partial charge is 0.0649 e. The molecule has 0 aliphatic carbocycles. The van der Waals surface area contributed by atoms with Gasteiger partial charge in [0.05, 0.1) is 6.54 Å². The fraction of sp³-hybridized carbons (Fsp3) is 0.250. The van der Waals surface area contributed by atoms with Crippen LogP contribution in [0.5, 0.6) is 0 Å². The molecule has 0 aromatic carbocycles. The summed E-state index contributed by atoms with van der Waals surface area (Å²) in [5.41, 5.74) is 10.7. The summed E-state index contributed by atoms with van der Waals surface area (Å²) in [4.78, 5) is 0. The van der Waals surface area contributed by atoms with Crippen LogP contribution in [0, 0.1) is 6.54 Å². The highest BCUT2D eigenvalue weighted by Gasteiger charge is 1.74. The Hall–Kier alpha value is -0.500. The van der Waals surface area contributed by atoms with E-state index < -0.39 is 0 Å². The average Bonchev–Trinajstić information content (AvgIpc) is 1.65. The summed E-state index contributed by atoms with van der Waals surface area (Å²) in [6, 6.07) is 0. The molecule has 0 aliphatic heterocycles. The second kappa shape index (κ2) is 2.72. The normalized spacial score (nSPS) is 12.0. The first-order valence-electron chi connectivity index (χ1n) is 1.78. The number of nitrogens with two attached hydrogens (primary N) is 2. The topological polar surface area (TPSA) is 52.0 Å². The Morgan fingerprint density at radius 2 is 2.17 bits per heavy atom. The van der Waals surface area contributed by atoms with E-state index in [1.807, 2.05) is 6.92 Å². The van der Waals surface area contributed by atoms with Crippen molar-refractivity contribution in [3.8, 4) is 0 Å². The maximum atomic E-state index is 5.15. The van der Waals surface area contributed by atoms with Gasteiger partial charge >= 0.3 is 0 Å². The molecule has 0 bridgehead atoms. The van der Waals surface area contributed by atoms with Crippen molar-refractivity contribution in [3.05, 3.63) is 18.3 Å². The summed E-state index contributed by atoms with van der Waals surface area (Å²) < 4.78 is 0. The van der Waals surface area contributed by atoms with E-state index in [1.54, 1.807) is 6.08 Å². The lowest BCUT2D eigenvalue weighted by Crippen LogP contribution is -2.03. The van der Waals surface area contributed by atoms with Crippen molar-refractivity contribution in [1.29, 1.82) is 0 Å². The van der Waals surface area contributed by atoms with Crippen molar-refractivity contribution < 1.29 is 0 Å². The standard InChI is InChI=1S/C4H9N2/c1-2-4(6)3-5/h2-3H,5-6H2,1H3. The second-order valence-electron chi connectivity index (χ2n) is 0.955. The monoisotopic (exact) mass is 85.1 g/mol. The van der Waals surface area contributed by atoms with E-state index in [0.29, 0.717) is 5.70 Å². The predicted molar refractivity (Wildman–Crippen MR) is 26.4 cm³/mol. The number of hydrogen-bond donors (Lipinski definition) is 2. The van der Waals surface area contributed by atoms with Crippen molar-refractivity contribution in [2.45, 2.75) is 6.92 Å². The Labute approximate surface area is 37.8 Å². The molecular weight excluding hydrogens is 76.1 g/mol. The second-order valence-corrected chi connectivity index (χ2v) is 0.955. The van der Waals surface area contributed by atoms with E-state index >= 15 is 0 Å². The van der Waals surface area contributed by atoms with Gasteiger partial charge in [0.2, 0.25) is 0 Å². The minimum absolute atomic E-state index is 0.620. The lowest BCUT2D eigenvalue weighted by molar-refractivity contribution is 1.24. The van der Waals surface area contributed by atoms with Crippen molar-refractivity contribution >= 4 is 0 Å². The quantitative estimate of drug-likeness (QED) is 0.469. The number of allylic oxidation sites excluding steroid dienone is 1. The molecular formula is C4H9N2. The molecule has 0 amide bonds. The largest absolute Gasteiger partial charge is 0.401 e. The Morgan fingerprint density at radius 1 is 1.67 bits per heavy atom. The van der Waals surface area contributed by atoms with Gasteiger partial charge in [-0.2, -0.15) is 0 Å². The van der Waals surface area contributed by atoms with Crippen LogP contribution in [0.3, 0.4) is 0 Å². The van der Waals surface area contributed by atoms with Gasteiger partial charge in [-0.25, -0.2) is 0 Å². The van der Waals surface area contributed by atoms with E-state index in [4.69, 9.17) is 11.5 Å². The summed E-state index contributed by atoms with van der Waals surface area (Å²) >= 11 is 0. The molecule has 35 valence electrons. The first kappa shape index (κ1) is 5.50. The van der Waals surface area contributed by atoms with Crippen LogP contribution in [0.4, 0.5) is 0 Å². The van der Waals surface area contributed by atoms with Gasteiger partial charge in [-0.15, -0.1) is 0 Å². The highest BCUT2D eigenvalue weighted by atomic mass is 14.7. The van der Waals surface area contributed by atoms with Gasteiger partial charge in [0, 0.05) is 5.70 Å². The molecule has 0 unspecified atom stereocenters. The van der Waals surface area contributed by atoms with E-state index in [2.05, 4.69) is 0 Å². The predicted octanol–water partition coefficient (Wildman–Crippen LogP) is -0.0306. The molecule has 2 heteroatoms. The Morgan fingerprint density at radius 3 is 2.17 bits per heavy atom. The van der Waals surface area contributed by atoms with E-state index in [-0.39, 0.29) is 0 Å². The number of rotatable bonds is 1. The van der Waals surface area contributed by atoms with Crippen LogP contribution in [0.25, 0.3) is 0 Å². The third-order valence-electron chi connectivity index (χ3n) is 0.526. The summed E-state index contributed by atoms with van der Waals surface area (Å²) in [6.45, 7) is 3.19. The first-order valence-corrected chi connectivity index (χ1v) is 1.78. The molecule has 0 saturated heterocycles. The zero-order chi connectivity index (χ0) is 4.99. The van der Waals surface area contributed by atoms with E-state index in [9.17, 15) is 0 Å². The first-order chi connectivity index (χ1) is 2.81. The molecule has 0 aromatic rings. The molecule has 1 radical (unpaired) electrons. The lowest BCUT2D eigenvalue weighted by Gasteiger charge is -1.86. The van der Waals surface area contributed by atoms with Crippen molar-refractivity contribution in [1.82, 2.24) is 0 Å². The third-order valence-corrected chi connectivity index (χ3v) is 0.526. The minimum Gasteiger partial charge on any atom is -0.401 e. The van der Waals surface area contributed by atoms with Gasteiger partial charge in [-0.1, -0.05) is 6.08 Å². The molecule has 6 heavy (non-hydrogen) atoms. The van der Waals surface area contributed by atoms with Crippen molar-refractivity contribution in [3.63, 3.8) is 0 Å². The molecule has 0 heterocycles. The molecule has 0 rings (SSSR count). The van der Waals surface area contributed by atoms with Gasteiger partial charge in [-0.05, 0) is 6.92 Å². The van der Waals surface area contributed by atoms with Gasteiger partial charge in [0.1, 0.15) is 0 Å². The van der Waals surface area contributed by atoms with Crippen LogP contribution < -0.4 is 11.5 Å².